The predicted molar refractivity (Wildman–Crippen MR) is 61.5 cm³/mol. The molecule has 0 bridgehead atoms. The van der Waals surface area contributed by atoms with Crippen molar-refractivity contribution in [1.82, 2.24) is 5.43 Å². The van der Waals surface area contributed by atoms with Gasteiger partial charge in [-0.05, 0) is 52.4 Å². The summed E-state index contributed by atoms with van der Waals surface area (Å²) in [7, 11) is 0. The van der Waals surface area contributed by atoms with Gasteiger partial charge in [-0.15, -0.1) is 0 Å². The van der Waals surface area contributed by atoms with Crippen LogP contribution in [0, 0.1) is 11.7 Å². The van der Waals surface area contributed by atoms with Crippen molar-refractivity contribution in [3.8, 4) is 0 Å². The molecule has 0 aliphatic heterocycles. The van der Waals surface area contributed by atoms with Gasteiger partial charge in [0.05, 0.1) is 4.47 Å². The van der Waals surface area contributed by atoms with Crippen LogP contribution in [-0.4, -0.2) is 0 Å². The van der Waals surface area contributed by atoms with E-state index in [1.807, 2.05) is 0 Å². The molecule has 4 heteroatoms. The van der Waals surface area contributed by atoms with E-state index in [1.54, 1.807) is 12.1 Å². The molecule has 0 saturated heterocycles. The van der Waals surface area contributed by atoms with E-state index >= 15 is 0 Å². The number of halogens is 2. The fourth-order valence-electron chi connectivity index (χ4n) is 1.98. The highest BCUT2D eigenvalue weighted by molar-refractivity contribution is 9.10. The molecule has 1 fully saturated rings. The average Bonchev–Trinajstić information content (AvgIpc) is 2.16. The van der Waals surface area contributed by atoms with Crippen molar-refractivity contribution in [2.75, 3.05) is 0 Å². The van der Waals surface area contributed by atoms with Crippen LogP contribution in [0.25, 0.3) is 0 Å². The first-order valence-electron chi connectivity index (χ1n) is 5.13. The molecule has 0 heterocycles. The number of hydrogen-bond acceptors (Lipinski definition) is 2. The zero-order chi connectivity index (χ0) is 10.8. The zero-order valence-corrected chi connectivity index (χ0v) is 9.93. The summed E-state index contributed by atoms with van der Waals surface area (Å²) in [4.78, 5) is 0. The van der Waals surface area contributed by atoms with Gasteiger partial charge < -0.3 is 0 Å². The molecule has 1 aliphatic carbocycles. The highest BCUT2D eigenvalue weighted by Gasteiger charge is 2.27. The minimum Gasteiger partial charge on any atom is -0.271 e. The van der Waals surface area contributed by atoms with Gasteiger partial charge in [0.25, 0.3) is 0 Å². The van der Waals surface area contributed by atoms with Crippen LogP contribution in [0.5, 0.6) is 0 Å². The van der Waals surface area contributed by atoms with Crippen molar-refractivity contribution < 1.29 is 4.39 Å². The molecule has 1 aliphatic rings. The summed E-state index contributed by atoms with van der Waals surface area (Å²) >= 11 is 3.19. The Kier molecular flexibility index (Phi) is 3.38. The summed E-state index contributed by atoms with van der Waals surface area (Å²) in [6, 6.07) is 5.22. The second-order valence-corrected chi connectivity index (χ2v) is 4.86. The Balaban J connectivity index is 2.21. The Hall–Kier alpha value is -0.450. The summed E-state index contributed by atoms with van der Waals surface area (Å²) < 4.78 is 13.6. The molecular formula is C11H14BrFN2. The molecule has 2 nitrogen and oxygen atoms in total. The molecule has 15 heavy (non-hydrogen) atoms. The number of hydrazine groups is 1. The fourth-order valence-corrected chi connectivity index (χ4v) is 2.38. The Morgan fingerprint density at radius 1 is 1.47 bits per heavy atom. The van der Waals surface area contributed by atoms with E-state index in [2.05, 4.69) is 21.4 Å². The summed E-state index contributed by atoms with van der Waals surface area (Å²) in [5, 5.41) is 0. The molecule has 1 aromatic rings. The maximum atomic E-state index is 13.1. The normalized spacial score (nSPS) is 18.6. The van der Waals surface area contributed by atoms with E-state index in [0.29, 0.717) is 10.4 Å². The van der Waals surface area contributed by atoms with Crippen molar-refractivity contribution in [2.45, 2.75) is 25.3 Å². The van der Waals surface area contributed by atoms with E-state index in [9.17, 15) is 4.39 Å². The molecule has 1 saturated carbocycles. The topological polar surface area (TPSA) is 38.0 Å². The molecule has 0 spiro atoms. The molecule has 0 amide bonds. The molecule has 1 atom stereocenters. The van der Waals surface area contributed by atoms with Gasteiger partial charge in [0, 0.05) is 6.04 Å². The van der Waals surface area contributed by atoms with Gasteiger partial charge in [0.15, 0.2) is 0 Å². The van der Waals surface area contributed by atoms with E-state index in [0.717, 1.165) is 5.56 Å². The smallest absolute Gasteiger partial charge is 0.137 e. The maximum Gasteiger partial charge on any atom is 0.137 e. The summed E-state index contributed by atoms with van der Waals surface area (Å²) in [6.07, 6.45) is 3.67. The lowest BCUT2D eigenvalue weighted by Gasteiger charge is -2.33. The number of nitrogens with two attached hydrogens (primary N) is 1. The third-order valence-electron chi connectivity index (χ3n) is 3.10. The number of nitrogens with one attached hydrogen (secondary N) is 1. The Morgan fingerprint density at radius 3 is 2.67 bits per heavy atom. The average molecular weight is 273 g/mol. The van der Waals surface area contributed by atoms with Crippen molar-refractivity contribution in [2.24, 2.45) is 11.8 Å². The van der Waals surface area contributed by atoms with Crippen LogP contribution in [0.15, 0.2) is 22.7 Å². The summed E-state index contributed by atoms with van der Waals surface area (Å²) in [5.41, 5.74) is 3.88. The second kappa shape index (κ2) is 4.60. The first kappa shape index (κ1) is 11.0. The maximum absolute atomic E-state index is 13.1. The molecule has 82 valence electrons. The largest absolute Gasteiger partial charge is 0.271 e. The van der Waals surface area contributed by atoms with Crippen molar-refractivity contribution in [3.05, 3.63) is 34.1 Å². The van der Waals surface area contributed by atoms with E-state index in [4.69, 9.17) is 5.84 Å². The second-order valence-electron chi connectivity index (χ2n) is 4.01. The van der Waals surface area contributed by atoms with Crippen LogP contribution in [-0.2, 0) is 0 Å². The lowest BCUT2D eigenvalue weighted by atomic mass is 9.77. The fraction of sp³-hybridized carbons (Fsp3) is 0.455. The lowest BCUT2D eigenvalue weighted by Crippen LogP contribution is -2.36. The van der Waals surface area contributed by atoms with Crippen LogP contribution in [0.3, 0.4) is 0 Å². The van der Waals surface area contributed by atoms with E-state index in [-0.39, 0.29) is 11.9 Å². The van der Waals surface area contributed by atoms with Crippen molar-refractivity contribution in [3.63, 3.8) is 0 Å². The van der Waals surface area contributed by atoms with Gasteiger partial charge >= 0.3 is 0 Å². The lowest BCUT2D eigenvalue weighted by molar-refractivity contribution is 0.232. The number of hydrogen-bond donors (Lipinski definition) is 2. The van der Waals surface area contributed by atoms with Crippen LogP contribution in [0.4, 0.5) is 4.39 Å². The van der Waals surface area contributed by atoms with E-state index in [1.165, 1.54) is 25.3 Å². The monoisotopic (exact) mass is 272 g/mol. The molecule has 0 aromatic heterocycles. The zero-order valence-electron chi connectivity index (χ0n) is 8.34. The molecule has 3 N–H and O–H groups in total. The van der Waals surface area contributed by atoms with Crippen LogP contribution in [0.1, 0.15) is 30.9 Å². The SMILES string of the molecule is NNC(c1ccc(F)c(Br)c1)C1CCC1. The number of benzene rings is 1. The van der Waals surface area contributed by atoms with Crippen LogP contribution in [0.2, 0.25) is 0 Å². The predicted octanol–water partition coefficient (Wildman–Crippen LogP) is 2.89. The molecule has 1 aromatic carbocycles. The van der Waals surface area contributed by atoms with Gasteiger partial charge in [-0.25, -0.2) is 4.39 Å². The van der Waals surface area contributed by atoms with Crippen LogP contribution >= 0.6 is 15.9 Å². The standard InChI is InChI=1S/C11H14BrFN2/c12-9-6-8(4-5-10(9)13)11(15-14)7-2-1-3-7/h4-7,11,15H,1-3,14H2. The van der Waals surface area contributed by atoms with E-state index < -0.39 is 0 Å². The highest BCUT2D eigenvalue weighted by Crippen LogP contribution is 2.37. The van der Waals surface area contributed by atoms with Crippen molar-refractivity contribution >= 4 is 15.9 Å². The molecule has 0 radical (unpaired) electrons. The minimum atomic E-state index is -0.233. The van der Waals surface area contributed by atoms with Gasteiger partial charge in [-0.1, -0.05) is 12.5 Å². The van der Waals surface area contributed by atoms with Gasteiger partial charge in [0.1, 0.15) is 5.82 Å². The number of rotatable bonds is 3. The van der Waals surface area contributed by atoms with Gasteiger partial charge in [-0.2, -0.15) is 0 Å². The molecule has 2 rings (SSSR count). The third-order valence-corrected chi connectivity index (χ3v) is 3.71. The summed E-state index contributed by atoms with van der Waals surface area (Å²) in [5.74, 6) is 5.90. The first-order valence-corrected chi connectivity index (χ1v) is 5.92. The van der Waals surface area contributed by atoms with Gasteiger partial charge in [0.2, 0.25) is 0 Å². The molecular weight excluding hydrogens is 259 g/mol. The minimum absolute atomic E-state index is 0.149. The Bertz CT molecular complexity index is 352. The first-order chi connectivity index (χ1) is 7.22. The van der Waals surface area contributed by atoms with Crippen molar-refractivity contribution in [1.29, 1.82) is 0 Å². The Morgan fingerprint density at radius 2 is 2.20 bits per heavy atom. The van der Waals surface area contributed by atoms with Crippen LogP contribution < -0.4 is 11.3 Å². The highest BCUT2D eigenvalue weighted by atomic mass is 79.9. The third kappa shape index (κ3) is 2.22. The molecule has 1 unspecified atom stereocenters. The van der Waals surface area contributed by atoms with Gasteiger partial charge in [-0.3, -0.25) is 11.3 Å². The summed E-state index contributed by atoms with van der Waals surface area (Å²) in [6.45, 7) is 0. The Labute approximate surface area is 97.1 Å². The quantitative estimate of drug-likeness (QED) is 0.656.